The van der Waals surface area contributed by atoms with E-state index in [-0.39, 0.29) is 5.78 Å². The summed E-state index contributed by atoms with van der Waals surface area (Å²) in [5.74, 6) is 0.125. The number of Topliss-reactive ketones (excluding diaryl/α,β-unsaturated/α-hetero) is 1. The van der Waals surface area contributed by atoms with Gasteiger partial charge in [0.2, 0.25) is 0 Å². The molecule has 0 saturated heterocycles. The van der Waals surface area contributed by atoms with Crippen molar-refractivity contribution in [3.05, 3.63) is 72.3 Å². The van der Waals surface area contributed by atoms with E-state index >= 15 is 0 Å². The number of hydrogen-bond donors (Lipinski definition) is 0. The van der Waals surface area contributed by atoms with E-state index in [0.717, 1.165) is 29.4 Å². The van der Waals surface area contributed by atoms with Gasteiger partial charge in [-0.05, 0) is 55.0 Å². The van der Waals surface area contributed by atoms with Gasteiger partial charge < -0.3 is 0 Å². The second kappa shape index (κ2) is 9.98. The van der Waals surface area contributed by atoms with E-state index in [0.29, 0.717) is 0 Å². The molecule has 0 aliphatic heterocycles. The third kappa shape index (κ3) is 6.34. The lowest BCUT2D eigenvalue weighted by atomic mass is 9.99. The number of rotatable bonds is 11. The molecule has 2 aromatic carbocycles. The lowest BCUT2D eigenvalue weighted by Gasteiger charge is -2.06. The summed E-state index contributed by atoms with van der Waals surface area (Å²) < 4.78 is 0. The Bertz CT molecular complexity index is 739. The zero-order valence-corrected chi connectivity index (χ0v) is 15.5. The van der Waals surface area contributed by atoms with Crippen LogP contribution in [0.15, 0.2) is 61.2 Å². The van der Waals surface area contributed by atoms with Gasteiger partial charge >= 0.3 is 0 Å². The first-order valence-electron chi connectivity index (χ1n) is 9.44. The minimum Gasteiger partial charge on any atom is -0.295 e. The zero-order chi connectivity index (χ0) is 18.1. The van der Waals surface area contributed by atoms with Gasteiger partial charge in [-0.2, -0.15) is 0 Å². The molecule has 132 valence electrons. The standard InChI is InChI=1S/C24H30O/c1-4-19(2)11-9-7-5-6-8-10-12-21-13-14-24-18-22(20(3)25)15-16-23(24)17-21/h4,13-18H,1-2,5-12H2,3H3. The molecule has 0 bridgehead atoms. The van der Waals surface area contributed by atoms with Crippen LogP contribution in [0.1, 0.15) is 67.8 Å². The van der Waals surface area contributed by atoms with Crippen molar-refractivity contribution in [2.75, 3.05) is 0 Å². The number of ketones is 1. The third-order valence-corrected chi connectivity index (χ3v) is 4.81. The average molecular weight is 335 g/mol. The minimum absolute atomic E-state index is 0.125. The predicted octanol–water partition coefficient (Wildman–Crippen LogP) is 7.06. The van der Waals surface area contributed by atoms with Crippen LogP contribution in [0.4, 0.5) is 0 Å². The van der Waals surface area contributed by atoms with Gasteiger partial charge in [-0.1, -0.05) is 80.8 Å². The van der Waals surface area contributed by atoms with Crippen LogP contribution in [0, 0.1) is 0 Å². The third-order valence-electron chi connectivity index (χ3n) is 4.81. The molecule has 1 nitrogen and oxygen atoms in total. The summed E-state index contributed by atoms with van der Waals surface area (Å²) in [5, 5.41) is 2.38. The highest BCUT2D eigenvalue weighted by Crippen LogP contribution is 2.20. The van der Waals surface area contributed by atoms with Crippen molar-refractivity contribution < 1.29 is 4.79 Å². The average Bonchev–Trinajstić information content (AvgIpc) is 2.62. The molecule has 0 aromatic heterocycles. The number of carbonyl (C=O) groups excluding carboxylic acids is 1. The molecule has 0 aliphatic rings. The molecule has 0 amide bonds. The monoisotopic (exact) mass is 334 g/mol. The maximum atomic E-state index is 11.5. The van der Waals surface area contributed by atoms with Gasteiger partial charge in [0.15, 0.2) is 5.78 Å². The Balaban J connectivity index is 1.71. The Morgan fingerprint density at radius 3 is 2.28 bits per heavy atom. The summed E-state index contributed by atoms with van der Waals surface area (Å²) in [6, 6.07) is 12.6. The Labute approximate surface area is 152 Å². The van der Waals surface area contributed by atoms with Gasteiger partial charge in [0.1, 0.15) is 0 Å². The summed E-state index contributed by atoms with van der Waals surface area (Å²) in [6.07, 6.45) is 11.8. The van der Waals surface area contributed by atoms with Gasteiger partial charge in [-0.15, -0.1) is 0 Å². The number of aryl methyl sites for hydroxylation is 1. The first-order chi connectivity index (χ1) is 12.1. The molecule has 0 N–H and O–H groups in total. The van der Waals surface area contributed by atoms with Crippen molar-refractivity contribution in [1.82, 2.24) is 0 Å². The van der Waals surface area contributed by atoms with Gasteiger partial charge in [0, 0.05) is 5.56 Å². The van der Waals surface area contributed by atoms with Crippen molar-refractivity contribution in [2.45, 2.75) is 58.3 Å². The van der Waals surface area contributed by atoms with Crippen molar-refractivity contribution in [1.29, 1.82) is 0 Å². The molecule has 25 heavy (non-hydrogen) atoms. The molecule has 2 aromatic rings. The van der Waals surface area contributed by atoms with Crippen molar-refractivity contribution in [3.8, 4) is 0 Å². The summed E-state index contributed by atoms with van der Waals surface area (Å²) >= 11 is 0. The molecule has 0 radical (unpaired) electrons. The highest BCUT2D eigenvalue weighted by molar-refractivity contribution is 5.98. The number of carbonyl (C=O) groups is 1. The van der Waals surface area contributed by atoms with Crippen LogP contribution in [0.3, 0.4) is 0 Å². The van der Waals surface area contributed by atoms with Crippen LogP contribution < -0.4 is 0 Å². The van der Waals surface area contributed by atoms with E-state index < -0.39 is 0 Å². The molecule has 0 saturated carbocycles. The van der Waals surface area contributed by atoms with Crippen LogP contribution >= 0.6 is 0 Å². The molecule has 0 heterocycles. The van der Waals surface area contributed by atoms with Gasteiger partial charge in [0.25, 0.3) is 0 Å². The predicted molar refractivity (Wildman–Crippen MR) is 109 cm³/mol. The largest absolute Gasteiger partial charge is 0.295 e. The van der Waals surface area contributed by atoms with Crippen molar-refractivity contribution in [3.63, 3.8) is 0 Å². The summed E-state index contributed by atoms with van der Waals surface area (Å²) in [4.78, 5) is 11.5. The summed E-state index contributed by atoms with van der Waals surface area (Å²) in [7, 11) is 0. The molecule has 0 aliphatic carbocycles. The molecular formula is C24H30O. The number of hydrogen-bond acceptors (Lipinski definition) is 1. The fourth-order valence-corrected chi connectivity index (χ4v) is 3.16. The molecule has 0 spiro atoms. The van der Waals surface area contributed by atoms with Gasteiger partial charge in [-0.3, -0.25) is 4.79 Å². The van der Waals surface area contributed by atoms with Crippen LogP contribution in [0.25, 0.3) is 10.8 Å². The first kappa shape index (κ1) is 19.2. The molecule has 2 rings (SSSR count). The van der Waals surface area contributed by atoms with Crippen LogP contribution in [0.2, 0.25) is 0 Å². The van der Waals surface area contributed by atoms with Gasteiger partial charge in [0.05, 0.1) is 0 Å². The van der Waals surface area contributed by atoms with Crippen molar-refractivity contribution >= 4 is 16.6 Å². The summed E-state index contributed by atoms with van der Waals surface area (Å²) in [5.41, 5.74) is 3.34. The van der Waals surface area contributed by atoms with Gasteiger partial charge in [-0.25, -0.2) is 0 Å². The smallest absolute Gasteiger partial charge is 0.159 e. The SMILES string of the molecule is C=CC(=C)CCCCCCCCc1ccc2cc(C(C)=O)ccc2c1. The van der Waals surface area contributed by atoms with Crippen LogP contribution in [-0.2, 0) is 6.42 Å². The lowest BCUT2D eigenvalue weighted by molar-refractivity contribution is 0.101. The van der Waals surface area contributed by atoms with E-state index in [1.165, 1.54) is 49.5 Å². The van der Waals surface area contributed by atoms with E-state index in [9.17, 15) is 4.79 Å². The highest BCUT2D eigenvalue weighted by Gasteiger charge is 2.02. The van der Waals surface area contributed by atoms with E-state index in [1.54, 1.807) is 6.92 Å². The Kier molecular flexibility index (Phi) is 7.66. The topological polar surface area (TPSA) is 17.1 Å². The van der Waals surface area contributed by atoms with E-state index in [1.807, 2.05) is 18.2 Å². The lowest BCUT2D eigenvalue weighted by Crippen LogP contribution is -1.92. The zero-order valence-electron chi connectivity index (χ0n) is 15.5. The van der Waals surface area contributed by atoms with Crippen LogP contribution in [0.5, 0.6) is 0 Å². The fraction of sp³-hybridized carbons (Fsp3) is 0.375. The first-order valence-corrected chi connectivity index (χ1v) is 9.44. The minimum atomic E-state index is 0.125. The summed E-state index contributed by atoms with van der Waals surface area (Å²) in [6.45, 7) is 9.32. The van der Waals surface area contributed by atoms with Crippen molar-refractivity contribution in [2.24, 2.45) is 0 Å². The number of benzene rings is 2. The number of allylic oxidation sites excluding steroid dienone is 2. The Morgan fingerprint density at radius 1 is 0.920 bits per heavy atom. The van der Waals surface area contributed by atoms with Crippen LogP contribution in [-0.4, -0.2) is 5.78 Å². The Morgan fingerprint density at radius 2 is 1.56 bits per heavy atom. The number of fused-ring (bicyclic) bond motifs is 1. The normalized spacial score (nSPS) is 10.8. The Hall–Kier alpha value is -2.15. The molecule has 0 unspecified atom stereocenters. The quantitative estimate of drug-likeness (QED) is 0.244. The van der Waals surface area contributed by atoms with E-state index in [2.05, 4.69) is 37.4 Å². The fourth-order valence-electron chi connectivity index (χ4n) is 3.16. The molecular weight excluding hydrogens is 304 g/mol. The maximum absolute atomic E-state index is 11.5. The molecule has 0 fully saturated rings. The maximum Gasteiger partial charge on any atom is 0.159 e. The highest BCUT2D eigenvalue weighted by atomic mass is 16.1. The molecule has 1 heteroatoms. The second-order valence-electron chi connectivity index (χ2n) is 6.94. The second-order valence-corrected chi connectivity index (χ2v) is 6.94. The molecule has 0 atom stereocenters. The van der Waals surface area contributed by atoms with E-state index in [4.69, 9.17) is 0 Å². The number of unbranched alkanes of at least 4 members (excludes halogenated alkanes) is 5.